The third-order valence-corrected chi connectivity index (χ3v) is 2.87. The molecule has 0 N–H and O–H groups in total. The fourth-order valence-electron chi connectivity index (χ4n) is 2.09. The van der Waals surface area contributed by atoms with Gasteiger partial charge in [0, 0.05) is 13.1 Å². The van der Waals surface area contributed by atoms with Crippen molar-refractivity contribution in [1.29, 1.82) is 0 Å². The molecule has 0 spiro atoms. The Morgan fingerprint density at radius 3 is 2.53 bits per heavy atom. The van der Waals surface area contributed by atoms with Crippen molar-refractivity contribution < 1.29 is 9.53 Å². The smallest absolute Gasteiger partial charge is 0.257 e. The highest BCUT2D eigenvalue weighted by atomic mass is 16.5. The molecule has 17 heavy (non-hydrogen) atoms. The van der Waals surface area contributed by atoms with Crippen LogP contribution in [0.5, 0.6) is 5.75 Å². The van der Waals surface area contributed by atoms with Gasteiger partial charge in [-0.1, -0.05) is 12.1 Å². The van der Waals surface area contributed by atoms with Crippen LogP contribution >= 0.6 is 0 Å². The fraction of sp³-hybridized carbons (Fsp3) is 0.500. The molecule has 0 aromatic heterocycles. The lowest BCUT2D eigenvalue weighted by Crippen LogP contribution is -2.28. The summed E-state index contributed by atoms with van der Waals surface area (Å²) in [6, 6.07) is 7.50. The Morgan fingerprint density at radius 1 is 1.24 bits per heavy atom. The van der Waals surface area contributed by atoms with Crippen molar-refractivity contribution in [2.45, 2.75) is 32.8 Å². The lowest BCUT2D eigenvalue weighted by molar-refractivity contribution is 0.0786. The number of hydrogen-bond acceptors (Lipinski definition) is 2. The molecule has 1 saturated heterocycles. The molecule has 0 unspecified atom stereocenters. The summed E-state index contributed by atoms with van der Waals surface area (Å²) in [5.41, 5.74) is 0.683. The van der Waals surface area contributed by atoms with Crippen molar-refractivity contribution in [3.05, 3.63) is 29.8 Å². The fourth-order valence-corrected chi connectivity index (χ4v) is 2.09. The number of benzene rings is 1. The van der Waals surface area contributed by atoms with E-state index in [-0.39, 0.29) is 12.0 Å². The molecule has 2 rings (SSSR count). The summed E-state index contributed by atoms with van der Waals surface area (Å²) in [7, 11) is 0. The number of carbonyl (C=O) groups excluding carboxylic acids is 1. The van der Waals surface area contributed by atoms with E-state index in [0.717, 1.165) is 25.9 Å². The number of likely N-dealkylation sites (tertiary alicyclic amines) is 1. The van der Waals surface area contributed by atoms with Crippen molar-refractivity contribution in [2.75, 3.05) is 13.1 Å². The molecular weight excluding hydrogens is 214 g/mol. The number of nitrogens with zero attached hydrogens (tertiary/aromatic N) is 1. The summed E-state index contributed by atoms with van der Waals surface area (Å²) < 4.78 is 5.68. The van der Waals surface area contributed by atoms with Gasteiger partial charge in [0.2, 0.25) is 0 Å². The van der Waals surface area contributed by atoms with E-state index < -0.39 is 0 Å². The number of rotatable bonds is 3. The normalized spacial score (nSPS) is 15.4. The minimum absolute atomic E-state index is 0.0857. The van der Waals surface area contributed by atoms with Gasteiger partial charge in [-0.2, -0.15) is 0 Å². The number of hydrogen-bond donors (Lipinski definition) is 0. The molecule has 0 saturated carbocycles. The number of ether oxygens (including phenoxy) is 1. The molecule has 1 aliphatic rings. The van der Waals surface area contributed by atoms with Crippen molar-refractivity contribution in [1.82, 2.24) is 4.90 Å². The molecule has 3 heteroatoms. The second-order valence-corrected chi connectivity index (χ2v) is 4.66. The Kier molecular flexibility index (Phi) is 3.67. The molecule has 92 valence electrons. The summed E-state index contributed by atoms with van der Waals surface area (Å²) in [6.07, 6.45) is 2.31. The number of amides is 1. The lowest BCUT2D eigenvalue weighted by Gasteiger charge is -2.18. The molecule has 0 radical (unpaired) electrons. The maximum Gasteiger partial charge on any atom is 0.257 e. The van der Waals surface area contributed by atoms with Gasteiger partial charge in [-0.3, -0.25) is 4.79 Å². The Bertz CT molecular complexity index is 395. The third-order valence-electron chi connectivity index (χ3n) is 2.87. The highest BCUT2D eigenvalue weighted by Crippen LogP contribution is 2.22. The van der Waals surface area contributed by atoms with Gasteiger partial charge < -0.3 is 9.64 Å². The molecule has 0 atom stereocenters. The molecule has 1 aromatic rings. The van der Waals surface area contributed by atoms with Crippen LogP contribution in [0.2, 0.25) is 0 Å². The average Bonchev–Trinajstić information content (AvgIpc) is 2.81. The van der Waals surface area contributed by atoms with Crippen LogP contribution in [0.1, 0.15) is 37.0 Å². The molecule has 1 amide bonds. The first-order valence-corrected chi connectivity index (χ1v) is 6.23. The van der Waals surface area contributed by atoms with E-state index in [2.05, 4.69) is 0 Å². The summed E-state index contributed by atoms with van der Waals surface area (Å²) in [4.78, 5) is 14.2. The monoisotopic (exact) mass is 233 g/mol. The minimum atomic E-state index is 0.0857. The predicted octanol–water partition coefficient (Wildman–Crippen LogP) is 2.71. The molecule has 1 heterocycles. The van der Waals surface area contributed by atoms with Gasteiger partial charge in [0.25, 0.3) is 5.91 Å². The van der Waals surface area contributed by atoms with Gasteiger partial charge in [0.15, 0.2) is 0 Å². The van der Waals surface area contributed by atoms with Gasteiger partial charge in [-0.25, -0.2) is 0 Å². The van der Waals surface area contributed by atoms with Crippen LogP contribution in [-0.4, -0.2) is 30.0 Å². The van der Waals surface area contributed by atoms with Crippen LogP contribution < -0.4 is 4.74 Å². The summed E-state index contributed by atoms with van der Waals surface area (Å²) >= 11 is 0. The largest absolute Gasteiger partial charge is 0.490 e. The zero-order chi connectivity index (χ0) is 12.3. The standard InChI is InChI=1S/C14H19NO2/c1-11(2)17-13-8-4-3-7-12(13)14(16)15-9-5-6-10-15/h3-4,7-8,11H,5-6,9-10H2,1-2H3. The Balaban J connectivity index is 2.21. The topological polar surface area (TPSA) is 29.5 Å². The van der Waals surface area contributed by atoms with Gasteiger partial charge >= 0.3 is 0 Å². The Hall–Kier alpha value is -1.51. The first-order valence-electron chi connectivity index (χ1n) is 6.23. The quantitative estimate of drug-likeness (QED) is 0.803. The number of para-hydroxylation sites is 1. The van der Waals surface area contributed by atoms with E-state index in [4.69, 9.17) is 4.74 Å². The van der Waals surface area contributed by atoms with Crippen molar-refractivity contribution in [3.8, 4) is 5.75 Å². The highest BCUT2D eigenvalue weighted by molar-refractivity contribution is 5.97. The van der Waals surface area contributed by atoms with Crippen LogP contribution in [0, 0.1) is 0 Å². The third kappa shape index (κ3) is 2.78. The van der Waals surface area contributed by atoms with Crippen molar-refractivity contribution in [2.24, 2.45) is 0 Å². The maximum atomic E-state index is 12.3. The average molecular weight is 233 g/mol. The second-order valence-electron chi connectivity index (χ2n) is 4.66. The molecule has 1 fully saturated rings. The van der Waals surface area contributed by atoms with Crippen LogP contribution in [0.4, 0.5) is 0 Å². The first kappa shape index (κ1) is 12.0. The first-order chi connectivity index (χ1) is 8.18. The van der Waals surface area contributed by atoms with Crippen molar-refractivity contribution in [3.63, 3.8) is 0 Å². The molecular formula is C14H19NO2. The SMILES string of the molecule is CC(C)Oc1ccccc1C(=O)N1CCCC1. The van der Waals surface area contributed by atoms with Gasteiger partial charge in [-0.05, 0) is 38.8 Å². The van der Waals surface area contributed by atoms with Crippen LogP contribution in [-0.2, 0) is 0 Å². The zero-order valence-electron chi connectivity index (χ0n) is 10.5. The van der Waals surface area contributed by atoms with E-state index >= 15 is 0 Å². The zero-order valence-corrected chi connectivity index (χ0v) is 10.5. The van der Waals surface area contributed by atoms with E-state index in [1.165, 1.54) is 0 Å². The Labute approximate surface area is 102 Å². The second kappa shape index (κ2) is 5.21. The van der Waals surface area contributed by atoms with Crippen LogP contribution in [0.15, 0.2) is 24.3 Å². The van der Waals surface area contributed by atoms with E-state index in [0.29, 0.717) is 11.3 Å². The lowest BCUT2D eigenvalue weighted by atomic mass is 10.1. The van der Waals surface area contributed by atoms with Gasteiger partial charge in [-0.15, -0.1) is 0 Å². The summed E-state index contributed by atoms with van der Waals surface area (Å²) in [5.74, 6) is 0.790. The maximum absolute atomic E-state index is 12.3. The van der Waals surface area contributed by atoms with E-state index in [1.54, 1.807) is 0 Å². The minimum Gasteiger partial charge on any atom is -0.490 e. The Morgan fingerprint density at radius 2 is 1.88 bits per heavy atom. The van der Waals surface area contributed by atoms with Crippen molar-refractivity contribution >= 4 is 5.91 Å². The molecule has 0 aliphatic carbocycles. The van der Waals surface area contributed by atoms with Crippen LogP contribution in [0.3, 0.4) is 0 Å². The molecule has 1 aromatic carbocycles. The molecule has 1 aliphatic heterocycles. The molecule has 0 bridgehead atoms. The summed E-state index contributed by atoms with van der Waals surface area (Å²) in [6.45, 7) is 5.68. The highest BCUT2D eigenvalue weighted by Gasteiger charge is 2.22. The predicted molar refractivity (Wildman–Crippen MR) is 67.3 cm³/mol. The number of carbonyl (C=O) groups is 1. The van der Waals surface area contributed by atoms with E-state index in [9.17, 15) is 4.79 Å². The summed E-state index contributed by atoms with van der Waals surface area (Å²) in [5, 5.41) is 0. The van der Waals surface area contributed by atoms with E-state index in [1.807, 2.05) is 43.0 Å². The molecule has 3 nitrogen and oxygen atoms in total. The van der Waals surface area contributed by atoms with Gasteiger partial charge in [0.1, 0.15) is 5.75 Å². The van der Waals surface area contributed by atoms with Crippen LogP contribution in [0.25, 0.3) is 0 Å². The van der Waals surface area contributed by atoms with Gasteiger partial charge in [0.05, 0.1) is 11.7 Å².